The van der Waals surface area contributed by atoms with E-state index in [0.717, 1.165) is 36.1 Å². The number of nitrogens with one attached hydrogen (secondary N) is 1. The average molecular weight is 410 g/mol. The number of nitrogens with two attached hydrogens (primary N) is 1. The van der Waals surface area contributed by atoms with Gasteiger partial charge in [0.1, 0.15) is 36.3 Å². The molecule has 0 radical (unpaired) electrons. The number of methoxy groups -OCH3 is 1. The molecule has 0 saturated heterocycles. The molecule has 156 valence electrons. The Morgan fingerprint density at radius 1 is 1.43 bits per heavy atom. The van der Waals surface area contributed by atoms with Crippen molar-refractivity contribution < 1.29 is 18.7 Å². The molecule has 1 aromatic rings. The minimum Gasteiger partial charge on any atom is -0.497 e. The molecule has 0 aromatic heterocycles. The lowest BCUT2D eigenvalue weighted by atomic mass is 10.0. The molecule has 5 rings (SSSR count). The quantitative estimate of drug-likeness (QED) is 0.750. The van der Waals surface area contributed by atoms with E-state index in [1.54, 1.807) is 24.6 Å². The Balaban J connectivity index is 1.53. The first kappa shape index (κ1) is 18.7. The summed E-state index contributed by atoms with van der Waals surface area (Å²) >= 11 is 0. The summed E-state index contributed by atoms with van der Waals surface area (Å²) in [7, 11) is 1.51. The highest BCUT2D eigenvalue weighted by molar-refractivity contribution is 6.02. The number of hydrogen-bond acceptors (Lipinski definition) is 6. The van der Waals surface area contributed by atoms with Crippen molar-refractivity contribution in [1.29, 1.82) is 0 Å². The number of benzene rings is 1. The van der Waals surface area contributed by atoms with E-state index in [1.807, 2.05) is 4.90 Å². The van der Waals surface area contributed by atoms with Crippen molar-refractivity contribution in [3.05, 3.63) is 64.6 Å². The Kier molecular flexibility index (Phi) is 4.49. The van der Waals surface area contributed by atoms with Crippen molar-refractivity contribution in [3.63, 3.8) is 0 Å². The predicted octanol–water partition coefficient (Wildman–Crippen LogP) is 2.16. The van der Waals surface area contributed by atoms with Crippen LogP contribution in [0.5, 0.6) is 5.75 Å². The number of nitrogens with zero attached hydrogens (tertiary/aromatic N) is 2. The molecule has 0 spiro atoms. The molecule has 0 bridgehead atoms. The maximum absolute atomic E-state index is 14.8. The number of amides is 1. The van der Waals surface area contributed by atoms with Crippen LogP contribution in [0, 0.1) is 11.7 Å². The Labute approximate surface area is 173 Å². The maximum atomic E-state index is 14.8. The fourth-order valence-electron chi connectivity index (χ4n) is 4.25. The summed E-state index contributed by atoms with van der Waals surface area (Å²) in [6.07, 6.45) is 6.11. The van der Waals surface area contributed by atoms with Crippen LogP contribution in [-0.2, 0) is 9.53 Å². The van der Waals surface area contributed by atoms with E-state index in [-0.39, 0.29) is 17.6 Å². The van der Waals surface area contributed by atoms with Crippen LogP contribution in [0.2, 0.25) is 0 Å². The van der Waals surface area contributed by atoms with Crippen LogP contribution in [0.1, 0.15) is 24.8 Å². The van der Waals surface area contributed by atoms with E-state index in [2.05, 4.69) is 10.3 Å². The second-order valence-electron chi connectivity index (χ2n) is 7.90. The lowest BCUT2D eigenvalue weighted by molar-refractivity contribution is -0.120. The van der Waals surface area contributed by atoms with Gasteiger partial charge in [-0.15, -0.1) is 0 Å². The van der Waals surface area contributed by atoms with Crippen LogP contribution in [0.25, 0.3) is 0 Å². The molecule has 1 amide bonds. The van der Waals surface area contributed by atoms with Gasteiger partial charge in [-0.3, -0.25) is 4.79 Å². The summed E-state index contributed by atoms with van der Waals surface area (Å²) in [5.41, 5.74) is 9.63. The summed E-state index contributed by atoms with van der Waals surface area (Å²) in [5.74, 6) is 0.497. The van der Waals surface area contributed by atoms with E-state index in [0.29, 0.717) is 36.0 Å². The van der Waals surface area contributed by atoms with Gasteiger partial charge in [0.25, 0.3) is 0 Å². The monoisotopic (exact) mass is 410 g/mol. The van der Waals surface area contributed by atoms with Gasteiger partial charge in [0.05, 0.1) is 24.1 Å². The highest BCUT2D eigenvalue weighted by Gasteiger charge is 2.39. The molecular formula is C22H23FN4O3. The van der Waals surface area contributed by atoms with Gasteiger partial charge >= 0.3 is 0 Å². The molecule has 1 saturated carbocycles. The molecule has 3 aliphatic heterocycles. The molecule has 1 aromatic carbocycles. The number of carbonyl (C=O) groups is 1. The standard InChI is InChI=1S/C22H23FN4O3/c1-29-14-4-5-15(17(23)8-14)22-25-9-16-18(26-19(21(24)28)12-2-3-12)11-30-10-13-6-7-27(22)20(13)16/h4-5,8-9,11-12,19,26H,2-3,6-7,10H2,1H3,(H2,24,28). The van der Waals surface area contributed by atoms with Crippen molar-refractivity contribution in [2.45, 2.75) is 25.3 Å². The molecular weight excluding hydrogens is 387 g/mol. The zero-order chi connectivity index (χ0) is 20.8. The second-order valence-corrected chi connectivity index (χ2v) is 7.90. The minimum absolute atomic E-state index is 0.247. The van der Waals surface area contributed by atoms with Gasteiger partial charge in [0, 0.05) is 24.4 Å². The number of amidine groups is 1. The van der Waals surface area contributed by atoms with Gasteiger partial charge in [0.15, 0.2) is 0 Å². The lowest BCUT2D eigenvalue weighted by Crippen LogP contribution is -2.43. The molecule has 8 heteroatoms. The van der Waals surface area contributed by atoms with Gasteiger partial charge in [0.2, 0.25) is 5.91 Å². The molecule has 1 aliphatic carbocycles. The summed E-state index contributed by atoms with van der Waals surface area (Å²) in [5, 5.41) is 3.28. The van der Waals surface area contributed by atoms with Crippen molar-refractivity contribution in [2.75, 3.05) is 20.3 Å². The number of primary amides is 1. The first-order valence-electron chi connectivity index (χ1n) is 10.1. The molecule has 1 fully saturated rings. The highest BCUT2D eigenvalue weighted by Crippen LogP contribution is 2.40. The molecule has 3 heterocycles. The van der Waals surface area contributed by atoms with Crippen molar-refractivity contribution in [3.8, 4) is 5.75 Å². The largest absolute Gasteiger partial charge is 0.497 e. The molecule has 7 nitrogen and oxygen atoms in total. The first-order valence-corrected chi connectivity index (χ1v) is 10.1. The van der Waals surface area contributed by atoms with Crippen molar-refractivity contribution in [2.24, 2.45) is 16.6 Å². The molecule has 1 atom stereocenters. The van der Waals surface area contributed by atoms with Gasteiger partial charge in [-0.2, -0.15) is 0 Å². The molecule has 1 unspecified atom stereocenters. The number of carbonyl (C=O) groups excluding carboxylic acids is 1. The predicted molar refractivity (Wildman–Crippen MR) is 109 cm³/mol. The summed E-state index contributed by atoms with van der Waals surface area (Å²) in [4.78, 5) is 18.6. The molecule has 3 N–H and O–H groups in total. The minimum atomic E-state index is -0.442. The lowest BCUT2D eigenvalue weighted by Gasteiger charge is -2.30. The fourth-order valence-corrected chi connectivity index (χ4v) is 4.25. The van der Waals surface area contributed by atoms with E-state index in [4.69, 9.17) is 15.2 Å². The van der Waals surface area contributed by atoms with E-state index in [1.165, 1.54) is 13.2 Å². The number of hydrogen-bond donors (Lipinski definition) is 2. The third-order valence-corrected chi connectivity index (χ3v) is 5.95. The van der Waals surface area contributed by atoms with Crippen LogP contribution >= 0.6 is 0 Å². The topological polar surface area (TPSA) is 89.2 Å². The zero-order valence-corrected chi connectivity index (χ0v) is 16.7. The van der Waals surface area contributed by atoms with E-state index < -0.39 is 6.04 Å². The number of aliphatic imine (C=N–C) groups is 1. The second kappa shape index (κ2) is 7.19. The normalized spacial score (nSPS) is 21.0. The SMILES string of the molecule is COc1ccc(C2=NC=C3C(NC(C(N)=O)C4CC4)=COCC4=C3N2CC4)c(F)c1. The highest BCUT2D eigenvalue weighted by atomic mass is 19.1. The Morgan fingerprint density at radius 3 is 2.97 bits per heavy atom. The van der Waals surface area contributed by atoms with Crippen molar-refractivity contribution in [1.82, 2.24) is 10.2 Å². The maximum Gasteiger partial charge on any atom is 0.240 e. The zero-order valence-electron chi connectivity index (χ0n) is 16.7. The Bertz CT molecular complexity index is 1040. The van der Waals surface area contributed by atoms with Crippen LogP contribution in [-0.4, -0.2) is 42.9 Å². The summed E-state index contributed by atoms with van der Waals surface area (Å²) in [6.45, 7) is 1.13. The number of ether oxygens (including phenoxy) is 2. The summed E-state index contributed by atoms with van der Waals surface area (Å²) in [6, 6.07) is 4.32. The number of rotatable bonds is 6. The Morgan fingerprint density at radius 2 is 2.27 bits per heavy atom. The van der Waals surface area contributed by atoms with E-state index >= 15 is 0 Å². The van der Waals surface area contributed by atoms with Crippen LogP contribution < -0.4 is 15.8 Å². The summed E-state index contributed by atoms with van der Waals surface area (Å²) < 4.78 is 25.6. The number of halogens is 1. The van der Waals surface area contributed by atoms with Crippen LogP contribution in [0.15, 0.2) is 58.2 Å². The third-order valence-electron chi connectivity index (χ3n) is 5.95. The van der Waals surface area contributed by atoms with Gasteiger partial charge in [-0.05, 0) is 42.9 Å². The van der Waals surface area contributed by atoms with Gasteiger partial charge in [-0.25, -0.2) is 9.38 Å². The first-order chi connectivity index (χ1) is 14.6. The van der Waals surface area contributed by atoms with Crippen molar-refractivity contribution >= 4 is 11.7 Å². The molecule has 4 aliphatic rings. The average Bonchev–Trinajstić information content (AvgIpc) is 3.51. The van der Waals surface area contributed by atoms with Crippen LogP contribution in [0.3, 0.4) is 0 Å². The third kappa shape index (κ3) is 3.12. The van der Waals surface area contributed by atoms with Gasteiger partial charge < -0.3 is 25.4 Å². The fraction of sp³-hybridized carbons (Fsp3) is 0.364. The molecule has 30 heavy (non-hydrogen) atoms. The van der Waals surface area contributed by atoms with Gasteiger partial charge in [-0.1, -0.05) is 0 Å². The smallest absolute Gasteiger partial charge is 0.240 e. The Hall–Kier alpha value is -3.29. The van der Waals surface area contributed by atoms with E-state index in [9.17, 15) is 9.18 Å². The van der Waals surface area contributed by atoms with Crippen LogP contribution in [0.4, 0.5) is 4.39 Å².